The van der Waals surface area contributed by atoms with Crippen molar-refractivity contribution in [3.8, 4) is 11.5 Å². The highest BCUT2D eigenvalue weighted by molar-refractivity contribution is 6.07. The van der Waals surface area contributed by atoms with E-state index in [4.69, 9.17) is 4.74 Å². The molecule has 13 heteroatoms. The fourth-order valence-electron chi connectivity index (χ4n) is 9.10. The van der Waals surface area contributed by atoms with Gasteiger partial charge in [-0.15, -0.1) is 0 Å². The third-order valence-corrected chi connectivity index (χ3v) is 12.2. The number of methoxy groups -OCH3 is 1. The number of para-hydroxylation sites is 2. The minimum absolute atomic E-state index is 0.00781. The summed E-state index contributed by atoms with van der Waals surface area (Å²) in [6, 6.07) is 14.7. The monoisotopic (exact) mass is 738 g/mol. The van der Waals surface area contributed by atoms with E-state index >= 15 is 4.39 Å². The van der Waals surface area contributed by atoms with Crippen molar-refractivity contribution in [2.45, 2.75) is 58.2 Å². The van der Waals surface area contributed by atoms with Crippen molar-refractivity contribution in [3.63, 3.8) is 0 Å². The van der Waals surface area contributed by atoms with Crippen LogP contribution in [0.3, 0.4) is 0 Å². The Hall–Kier alpha value is -5.17. The van der Waals surface area contributed by atoms with Crippen LogP contribution in [0.25, 0.3) is 0 Å². The number of amides is 4. The maximum Gasteiger partial charge on any atom is 0.255 e. The van der Waals surface area contributed by atoms with Gasteiger partial charge in [0.25, 0.3) is 5.91 Å². The fraction of sp³-hybridized carbons (Fsp3) is 0.463. The van der Waals surface area contributed by atoms with Crippen molar-refractivity contribution < 1.29 is 33.4 Å². The van der Waals surface area contributed by atoms with Crippen molar-refractivity contribution in [3.05, 3.63) is 77.1 Å². The SMILES string of the molecule is COc1cc(N2CCC(CN3CCN(c4ccc5c(c4)CN([C@H]4CCC(=O)NC4=O)C5=O)CC3)CC2)c(F)cc1[C@@H]1N(c2ccccc2O)C(=O)C1(C)C. The Morgan fingerprint density at radius 1 is 0.889 bits per heavy atom. The number of piperazine rings is 1. The Kier molecular flexibility index (Phi) is 9.23. The van der Waals surface area contributed by atoms with Crippen molar-refractivity contribution in [1.82, 2.24) is 15.1 Å². The largest absolute Gasteiger partial charge is 0.506 e. The van der Waals surface area contributed by atoms with Gasteiger partial charge in [0, 0.05) is 81.7 Å². The number of hydrogen-bond donors (Lipinski definition) is 2. The summed E-state index contributed by atoms with van der Waals surface area (Å²) in [6.45, 7) is 10.1. The Bertz CT molecular complexity index is 2010. The van der Waals surface area contributed by atoms with Gasteiger partial charge >= 0.3 is 0 Å². The molecule has 54 heavy (non-hydrogen) atoms. The molecule has 5 aliphatic rings. The zero-order valence-corrected chi connectivity index (χ0v) is 31.0. The standard InChI is InChI=1S/C41H47FN6O6/c1-41(2)37(48(40(41)53)31-6-4-5-7-34(31)49)29-21-30(42)33(22-35(29)54-3)46-14-12-25(13-15-46)23-44-16-18-45(19-17-44)27-8-9-28-26(20-27)24-47(39(28)52)32-10-11-36(50)43-38(32)51/h4-9,20-22,25,32,37,49H,10-19,23-24H2,1-3H3,(H,43,50,51)/t32-,37-/m0/s1. The van der Waals surface area contributed by atoms with Crippen LogP contribution in [0.2, 0.25) is 0 Å². The van der Waals surface area contributed by atoms with E-state index in [0.29, 0.717) is 47.1 Å². The number of phenolic OH excluding ortho intramolecular Hbond substituents is 1. The molecule has 0 bridgehead atoms. The molecule has 4 fully saturated rings. The number of imide groups is 1. The summed E-state index contributed by atoms with van der Waals surface area (Å²) in [5, 5.41) is 12.9. The molecule has 4 saturated heterocycles. The Morgan fingerprint density at radius 3 is 2.33 bits per heavy atom. The third-order valence-electron chi connectivity index (χ3n) is 12.2. The minimum Gasteiger partial charge on any atom is -0.506 e. The molecule has 8 rings (SSSR count). The van der Waals surface area contributed by atoms with Crippen molar-refractivity contribution in [2.24, 2.45) is 11.3 Å². The second-order valence-corrected chi connectivity index (χ2v) is 15.8. The van der Waals surface area contributed by atoms with E-state index in [1.54, 1.807) is 36.3 Å². The van der Waals surface area contributed by atoms with Crippen molar-refractivity contribution >= 4 is 40.7 Å². The molecular weight excluding hydrogens is 691 g/mol. The van der Waals surface area contributed by atoms with Gasteiger partial charge in [-0.25, -0.2) is 4.39 Å². The lowest BCUT2D eigenvalue weighted by molar-refractivity contribution is -0.138. The summed E-state index contributed by atoms with van der Waals surface area (Å²) >= 11 is 0. The van der Waals surface area contributed by atoms with Crippen LogP contribution in [-0.4, -0.2) is 97.5 Å². The first kappa shape index (κ1) is 35.8. The quantitative estimate of drug-likeness (QED) is 0.255. The topological polar surface area (TPSA) is 126 Å². The molecule has 0 aromatic heterocycles. The fourth-order valence-corrected chi connectivity index (χ4v) is 9.10. The molecule has 0 saturated carbocycles. The molecule has 5 heterocycles. The van der Waals surface area contributed by atoms with Gasteiger partial charge in [0.1, 0.15) is 23.4 Å². The van der Waals surface area contributed by atoms with E-state index in [2.05, 4.69) is 26.1 Å². The molecule has 0 unspecified atom stereocenters. The van der Waals surface area contributed by atoms with Gasteiger partial charge in [0.2, 0.25) is 17.7 Å². The molecule has 12 nitrogen and oxygen atoms in total. The van der Waals surface area contributed by atoms with E-state index in [9.17, 15) is 24.3 Å². The van der Waals surface area contributed by atoms with Crippen LogP contribution in [0, 0.1) is 17.2 Å². The Balaban J connectivity index is 0.860. The van der Waals surface area contributed by atoms with Crippen LogP contribution in [0.5, 0.6) is 11.5 Å². The molecule has 284 valence electrons. The summed E-state index contributed by atoms with van der Waals surface area (Å²) in [5.74, 6) is -0.353. The van der Waals surface area contributed by atoms with Crippen LogP contribution in [0.4, 0.5) is 21.5 Å². The van der Waals surface area contributed by atoms with Gasteiger partial charge in [-0.2, -0.15) is 0 Å². The van der Waals surface area contributed by atoms with Gasteiger partial charge in [0.15, 0.2) is 0 Å². The number of rotatable bonds is 8. The predicted octanol–water partition coefficient (Wildman–Crippen LogP) is 4.45. The number of fused-ring (bicyclic) bond motifs is 1. The lowest BCUT2D eigenvalue weighted by Crippen LogP contribution is -2.61. The van der Waals surface area contributed by atoms with Crippen LogP contribution in [-0.2, 0) is 20.9 Å². The maximum atomic E-state index is 16.0. The normalized spacial score (nSPS) is 23.4. The second kappa shape index (κ2) is 13.9. The number of ether oxygens (including phenoxy) is 1. The number of β-lactam (4-membered cyclic amide) rings is 1. The van der Waals surface area contributed by atoms with Gasteiger partial charge in [0.05, 0.1) is 29.9 Å². The first-order valence-corrected chi connectivity index (χ1v) is 18.9. The second-order valence-electron chi connectivity index (χ2n) is 15.8. The number of phenols is 1. The van der Waals surface area contributed by atoms with Gasteiger partial charge < -0.3 is 24.5 Å². The van der Waals surface area contributed by atoms with E-state index < -0.39 is 23.4 Å². The van der Waals surface area contributed by atoms with Gasteiger partial charge in [-0.3, -0.25) is 34.3 Å². The summed E-state index contributed by atoms with van der Waals surface area (Å²) in [6.07, 6.45) is 2.47. The van der Waals surface area contributed by atoms with Crippen LogP contribution >= 0.6 is 0 Å². The zero-order valence-electron chi connectivity index (χ0n) is 31.0. The molecule has 2 N–H and O–H groups in total. The molecule has 5 aliphatic heterocycles. The highest BCUT2D eigenvalue weighted by Gasteiger charge is 2.57. The highest BCUT2D eigenvalue weighted by Crippen LogP contribution is 2.55. The average Bonchev–Trinajstić information content (AvgIpc) is 3.49. The molecule has 4 amide bonds. The van der Waals surface area contributed by atoms with Gasteiger partial charge in [-0.1, -0.05) is 12.1 Å². The smallest absolute Gasteiger partial charge is 0.255 e. The van der Waals surface area contributed by atoms with Crippen molar-refractivity contribution in [2.75, 3.05) is 67.6 Å². The van der Waals surface area contributed by atoms with Crippen molar-refractivity contribution in [1.29, 1.82) is 0 Å². The minimum atomic E-state index is -0.809. The van der Waals surface area contributed by atoms with Crippen LogP contribution in [0.1, 0.15) is 67.1 Å². The average molecular weight is 739 g/mol. The molecule has 0 spiro atoms. The first-order valence-electron chi connectivity index (χ1n) is 18.9. The highest BCUT2D eigenvalue weighted by atomic mass is 19.1. The zero-order chi connectivity index (χ0) is 37.9. The van der Waals surface area contributed by atoms with E-state index in [1.807, 2.05) is 26.0 Å². The van der Waals surface area contributed by atoms with E-state index in [1.165, 1.54) is 17.0 Å². The number of anilines is 3. The number of benzene rings is 3. The summed E-state index contributed by atoms with van der Waals surface area (Å²) in [7, 11) is 1.56. The Labute approximate surface area is 314 Å². The lowest BCUT2D eigenvalue weighted by Gasteiger charge is -2.53. The first-order chi connectivity index (χ1) is 25.9. The number of nitrogens with zero attached hydrogens (tertiary/aromatic N) is 5. The summed E-state index contributed by atoms with van der Waals surface area (Å²) in [4.78, 5) is 60.5. The van der Waals surface area contributed by atoms with E-state index in [-0.39, 0.29) is 35.7 Å². The Morgan fingerprint density at radius 2 is 1.63 bits per heavy atom. The molecule has 0 aliphatic carbocycles. The maximum absolute atomic E-state index is 16.0. The number of hydrogen-bond acceptors (Lipinski definition) is 9. The summed E-state index contributed by atoms with van der Waals surface area (Å²) < 4.78 is 21.8. The number of aromatic hydroxyl groups is 1. The molecule has 0 radical (unpaired) electrons. The molecule has 3 aromatic carbocycles. The number of nitrogens with one attached hydrogen (secondary N) is 1. The number of piperidine rings is 2. The van der Waals surface area contributed by atoms with Crippen LogP contribution in [0.15, 0.2) is 54.6 Å². The molecule has 3 aromatic rings. The van der Waals surface area contributed by atoms with Gasteiger partial charge in [-0.05, 0) is 81.0 Å². The van der Waals surface area contributed by atoms with E-state index in [0.717, 1.165) is 69.9 Å². The molecular formula is C41H47FN6O6. The lowest BCUT2D eigenvalue weighted by atomic mass is 9.70. The number of carbonyl (C=O) groups excluding carboxylic acids is 4. The molecule has 2 atom stereocenters. The predicted molar refractivity (Wildman–Crippen MR) is 201 cm³/mol. The summed E-state index contributed by atoms with van der Waals surface area (Å²) in [5.41, 5.74) is 3.26. The third kappa shape index (κ3) is 6.21. The van der Waals surface area contributed by atoms with Crippen LogP contribution < -0.4 is 24.8 Å². The number of carbonyl (C=O) groups is 4. The number of halogens is 1.